The standard InChI is InChI=1S/C30H37Cl3N4O3/c1-2-3-4-5-6-7-8-9-10-11-12-16-27(38)34-23-15-13-14-21(17-23)30(40)35-26-20-28(39)37(36-26)29-24(32)18-22(31)19-25(29)33/h13-15,17-20,36H,2-12,16H2,1H3,(H,34,38)(H,35,40). The van der Waals surface area contributed by atoms with Gasteiger partial charge in [-0.1, -0.05) is 112 Å². The maximum absolute atomic E-state index is 12.8. The van der Waals surface area contributed by atoms with Gasteiger partial charge in [0.05, 0.1) is 10.0 Å². The number of rotatable bonds is 16. The zero-order chi connectivity index (χ0) is 28.9. The summed E-state index contributed by atoms with van der Waals surface area (Å²) in [6.07, 6.45) is 13.9. The molecule has 2 amide bonds. The lowest BCUT2D eigenvalue weighted by atomic mass is 10.1. The first-order chi connectivity index (χ1) is 19.3. The van der Waals surface area contributed by atoms with Crippen molar-refractivity contribution in [3.8, 4) is 5.69 Å². The third-order valence-corrected chi connectivity index (χ3v) is 7.38. The number of carbonyl (C=O) groups is 2. The van der Waals surface area contributed by atoms with Gasteiger partial charge < -0.3 is 10.6 Å². The van der Waals surface area contributed by atoms with Gasteiger partial charge in [-0.25, -0.2) is 4.68 Å². The van der Waals surface area contributed by atoms with E-state index in [-0.39, 0.29) is 27.5 Å². The van der Waals surface area contributed by atoms with Crippen molar-refractivity contribution in [1.82, 2.24) is 9.78 Å². The van der Waals surface area contributed by atoms with Crippen LogP contribution in [0.4, 0.5) is 11.5 Å². The van der Waals surface area contributed by atoms with Crippen LogP contribution in [0.15, 0.2) is 47.3 Å². The predicted octanol–water partition coefficient (Wildman–Crippen LogP) is 9.02. The van der Waals surface area contributed by atoms with Crippen LogP contribution in [0.1, 0.15) is 94.3 Å². The molecule has 0 unspecified atom stereocenters. The summed E-state index contributed by atoms with van der Waals surface area (Å²) >= 11 is 18.4. The Morgan fingerprint density at radius 1 is 0.800 bits per heavy atom. The average molecular weight is 608 g/mol. The van der Waals surface area contributed by atoms with Crippen molar-refractivity contribution in [2.24, 2.45) is 0 Å². The molecule has 3 rings (SSSR count). The molecule has 1 aromatic heterocycles. The van der Waals surface area contributed by atoms with Gasteiger partial charge in [0.1, 0.15) is 11.5 Å². The van der Waals surface area contributed by atoms with Crippen LogP contribution in [0.3, 0.4) is 0 Å². The van der Waals surface area contributed by atoms with Gasteiger partial charge in [0.15, 0.2) is 0 Å². The van der Waals surface area contributed by atoms with Crippen LogP contribution in [0.5, 0.6) is 0 Å². The highest BCUT2D eigenvalue weighted by atomic mass is 35.5. The van der Waals surface area contributed by atoms with Gasteiger partial charge >= 0.3 is 0 Å². The summed E-state index contributed by atoms with van der Waals surface area (Å²) in [7, 11) is 0. The first-order valence-electron chi connectivity index (χ1n) is 14.0. The fourth-order valence-corrected chi connectivity index (χ4v) is 5.47. The fraction of sp³-hybridized carbons (Fsp3) is 0.433. The molecule has 3 N–H and O–H groups in total. The molecule has 10 heteroatoms. The van der Waals surface area contributed by atoms with E-state index in [4.69, 9.17) is 34.8 Å². The van der Waals surface area contributed by atoms with Crippen molar-refractivity contribution in [2.45, 2.75) is 84.0 Å². The topological polar surface area (TPSA) is 96.0 Å². The number of amides is 2. The Labute approximate surface area is 250 Å². The average Bonchev–Trinajstić information content (AvgIpc) is 3.25. The summed E-state index contributed by atoms with van der Waals surface area (Å²) in [6.45, 7) is 2.24. The number of aromatic amines is 1. The molecular formula is C30H37Cl3N4O3. The van der Waals surface area contributed by atoms with E-state index in [9.17, 15) is 14.4 Å². The molecule has 40 heavy (non-hydrogen) atoms. The number of benzene rings is 2. The number of aromatic nitrogens is 2. The van der Waals surface area contributed by atoms with E-state index in [1.165, 1.54) is 69.6 Å². The number of nitrogens with zero attached hydrogens (tertiary/aromatic N) is 1. The van der Waals surface area contributed by atoms with Crippen LogP contribution in [0, 0.1) is 0 Å². The predicted molar refractivity (Wildman–Crippen MR) is 166 cm³/mol. The van der Waals surface area contributed by atoms with Crippen LogP contribution < -0.4 is 16.2 Å². The maximum Gasteiger partial charge on any atom is 0.273 e. The van der Waals surface area contributed by atoms with Crippen molar-refractivity contribution in [3.63, 3.8) is 0 Å². The molecule has 0 aliphatic heterocycles. The van der Waals surface area contributed by atoms with Crippen molar-refractivity contribution >= 4 is 58.1 Å². The number of nitrogens with one attached hydrogen (secondary N) is 3. The molecule has 0 radical (unpaired) electrons. The molecule has 0 atom stereocenters. The summed E-state index contributed by atoms with van der Waals surface area (Å²) in [5.74, 6) is -0.377. The largest absolute Gasteiger partial charge is 0.326 e. The molecule has 0 saturated carbocycles. The minimum atomic E-state index is -0.468. The Hall–Kier alpha value is -2.74. The third kappa shape index (κ3) is 10.0. The number of anilines is 2. The second kappa shape index (κ2) is 16.5. The van der Waals surface area contributed by atoms with E-state index in [2.05, 4.69) is 22.7 Å². The highest BCUT2D eigenvalue weighted by molar-refractivity contribution is 6.40. The molecule has 1 heterocycles. The summed E-state index contributed by atoms with van der Waals surface area (Å²) < 4.78 is 1.13. The number of unbranched alkanes of at least 4 members (excludes halogenated alkanes) is 10. The molecule has 0 bridgehead atoms. The SMILES string of the molecule is CCCCCCCCCCCCCC(=O)Nc1cccc(C(=O)Nc2cc(=O)n(-c3c(Cl)cc(Cl)cc3Cl)[nH]2)c1. The normalized spacial score (nSPS) is 11.0. The molecule has 0 spiro atoms. The number of H-pyrrole nitrogens is 1. The Kier molecular flexibility index (Phi) is 13.1. The zero-order valence-corrected chi connectivity index (χ0v) is 25.1. The van der Waals surface area contributed by atoms with Crippen LogP contribution >= 0.6 is 34.8 Å². The van der Waals surface area contributed by atoms with E-state index in [1.807, 2.05) is 0 Å². The minimum absolute atomic E-state index is 0.0772. The molecule has 216 valence electrons. The van der Waals surface area contributed by atoms with Crippen molar-refractivity contribution in [2.75, 3.05) is 10.6 Å². The quantitative estimate of drug-likeness (QED) is 0.142. The van der Waals surface area contributed by atoms with E-state index in [1.54, 1.807) is 24.3 Å². The monoisotopic (exact) mass is 606 g/mol. The van der Waals surface area contributed by atoms with Crippen LogP contribution in [-0.4, -0.2) is 21.6 Å². The number of halogens is 3. The molecule has 0 fully saturated rings. The molecule has 3 aromatic rings. The molecule has 0 aliphatic carbocycles. The maximum atomic E-state index is 12.8. The van der Waals surface area contributed by atoms with Gasteiger partial charge in [0.25, 0.3) is 11.5 Å². The molecule has 2 aromatic carbocycles. The molecule has 7 nitrogen and oxygen atoms in total. The van der Waals surface area contributed by atoms with Gasteiger partial charge in [-0.2, -0.15) is 0 Å². The van der Waals surface area contributed by atoms with E-state index < -0.39 is 11.5 Å². The van der Waals surface area contributed by atoms with Crippen molar-refractivity contribution in [3.05, 3.63) is 73.4 Å². The first-order valence-corrected chi connectivity index (χ1v) is 15.1. The molecular weight excluding hydrogens is 571 g/mol. The first kappa shape index (κ1) is 31.8. The zero-order valence-electron chi connectivity index (χ0n) is 22.8. The second-order valence-electron chi connectivity index (χ2n) is 9.93. The second-order valence-corrected chi connectivity index (χ2v) is 11.2. The number of hydrogen-bond acceptors (Lipinski definition) is 3. The van der Waals surface area contributed by atoms with Gasteiger partial charge in [-0.15, -0.1) is 0 Å². The lowest BCUT2D eigenvalue weighted by molar-refractivity contribution is -0.116. The molecule has 0 aliphatic rings. The van der Waals surface area contributed by atoms with Crippen LogP contribution in [0.25, 0.3) is 5.69 Å². The number of hydrogen-bond donors (Lipinski definition) is 3. The van der Waals surface area contributed by atoms with Crippen LogP contribution in [0.2, 0.25) is 15.1 Å². The number of carbonyl (C=O) groups excluding carboxylic acids is 2. The summed E-state index contributed by atoms with van der Waals surface area (Å²) in [6, 6.07) is 10.8. The Morgan fingerprint density at radius 2 is 1.40 bits per heavy atom. The van der Waals surface area contributed by atoms with Gasteiger partial charge in [0.2, 0.25) is 5.91 Å². The summed E-state index contributed by atoms with van der Waals surface area (Å²) in [5, 5.41) is 9.00. The summed E-state index contributed by atoms with van der Waals surface area (Å²) in [4.78, 5) is 37.8. The van der Waals surface area contributed by atoms with Crippen LogP contribution in [-0.2, 0) is 4.79 Å². The van der Waals surface area contributed by atoms with Crippen molar-refractivity contribution in [1.29, 1.82) is 0 Å². The highest BCUT2D eigenvalue weighted by Gasteiger charge is 2.16. The Morgan fingerprint density at radius 3 is 2.02 bits per heavy atom. The minimum Gasteiger partial charge on any atom is -0.326 e. The van der Waals surface area contributed by atoms with Crippen molar-refractivity contribution < 1.29 is 9.59 Å². The smallest absolute Gasteiger partial charge is 0.273 e. The lowest BCUT2D eigenvalue weighted by Gasteiger charge is -2.09. The summed E-state index contributed by atoms with van der Waals surface area (Å²) in [5.41, 5.74) is 0.612. The Balaban J connectivity index is 1.45. The fourth-order valence-electron chi connectivity index (χ4n) is 4.48. The highest BCUT2D eigenvalue weighted by Crippen LogP contribution is 2.31. The van der Waals surface area contributed by atoms with Gasteiger partial charge in [-0.05, 0) is 36.8 Å². The third-order valence-electron chi connectivity index (χ3n) is 6.59. The molecule has 0 saturated heterocycles. The van der Waals surface area contributed by atoms with E-state index in [0.29, 0.717) is 22.7 Å². The van der Waals surface area contributed by atoms with E-state index >= 15 is 0 Å². The lowest BCUT2D eigenvalue weighted by Crippen LogP contribution is -2.15. The van der Waals surface area contributed by atoms with Gasteiger partial charge in [-0.3, -0.25) is 19.5 Å². The van der Waals surface area contributed by atoms with E-state index in [0.717, 1.165) is 23.9 Å². The van der Waals surface area contributed by atoms with Gasteiger partial charge in [0, 0.05) is 28.8 Å². The Bertz CT molecular complexity index is 1310.